The topological polar surface area (TPSA) is 113 Å². The van der Waals surface area contributed by atoms with Gasteiger partial charge in [-0.2, -0.15) is 0 Å². The monoisotopic (exact) mass is 995 g/mol. The van der Waals surface area contributed by atoms with Crippen LogP contribution in [-0.4, -0.2) is 138 Å². The van der Waals surface area contributed by atoms with Gasteiger partial charge in [-0.25, -0.2) is 18.7 Å². The first-order chi connectivity index (χ1) is 30.2. The Bertz CT molecular complexity index is 1350. The van der Waals surface area contributed by atoms with Crippen LogP contribution in [0.1, 0.15) is 190 Å². The summed E-state index contributed by atoms with van der Waals surface area (Å²) in [7, 11) is -2.21. The molecule has 4 atom stereocenters. The van der Waals surface area contributed by atoms with E-state index in [4.69, 9.17) is 24.3 Å². The van der Waals surface area contributed by atoms with Crippen LogP contribution in [0.5, 0.6) is 0 Å². The molecule has 2 N–H and O–H groups in total. The van der Waals surface area contributed by atoms with Gasteiger partial charge in [0.15, 0.2) is 28.8 Å². The minimum absolute atomic E-state index is 0.0248. The first-order valence-electron chi connectivity index (χ1n) is 24.9. The number of thioether (sulfide) groups is 2. The van der Waals surface area contributed by atoms with Crippen molar-refractivity contribution >= 4 is 50.7 Å². The predicted molar refractivity (Wildman–Crippen MR) is 284 cm³/mol. The molecule has 0 spiro atoms. The number of hydrogen-bond acceptors (Lipinski definition) is 14. The highest BCUT2D eigenvalue weighted by Crippen LogP contribution is 2.53. The average molecular weight is 995 g/mol. The Hall–Kier alpha value is 0.0800. The summed E-state index contributed by atoms with van der Waals surface area (Å²) in [4.78, 5) is 27.8. The van der Waals surface area contributed by atoms with E-state index in [1.807, 2.05) is 0 Å². The first kappa shape index (κ1) is 63.1. The fraction of sp³-hybridized carbons (Fsp3) is 0.918. The molecule has 0 aromatic heterocycles. The van der Waals surface area contributed by atoms with Crippen molar-refractivity contribution in [3.63, 3.8) is 0 Å². The summed E-state index contributed by atoms with van der Waals surface area (Å²) in [5, 5.41) is 0.227. The van der Waals surface area contributed by atoms with Crippen molar-refractivity contribution < 1.29 is 28.1 Å². The van der Waals surface area contributed by atoms with Crippen LogP contribution >= 0.6 is 40.4 Å². The van der Waals surface area contributed by atoms with Gasteiger partial charge in [0, 0.05) is 96.0 Å². The quantitative estimate of drug-likeness (QED) is 0.0291. The lowest BCUT2D eigenvalue weighted by Crippen LogP contribution is -2.58. The maximum absolute atomic E-state index is 12.9. The van der Waals surface area contributed by atoms with Gasteiger partial charge in [-0.15, -0.1) is 0 Å². The van der Waals surface area contributed by atoms with Crippen LogP contribution in [0.15, 0.2) is 11.3 Å². The molecule has 0 saturated carbocycles. The van der Waals surface area contributed by atoms with E-state index in [-0.39, 0.29) is 64.4 Å². The third kappa shape index (κ3) is 21.9. The van der Waals surface area contributed by atoms with Gasteiger partial charge in [0.25, 0.3) is 0 Å². The normalized spacial score (nSPS) is 18.4. The molecule has 0 radical (unpaired) electrons. The van der Waals surface area contributed by atoms with Crippen molar-refractivity contribution in [3.05, 3.63) is 11.3 Å². The maximum Gasteiger partial charge on any atom is 0.216 e. The van der Waals surface area contributed by atoms with Crippen LogP contribution in [0.3, 0.4) is 0 Å². The number of carbonyl (C=O) groups is 2. The van der Waals surface area contributed by atoms with E-state index in [0.717, 1.165) is 32.2 Å². The highest BCUT2D eigenvalue weighted by molar-refractivity contribution is 8.14. The summed E-state index contributed by atoms with van der Waals surface area (Å²) < 4.78 is 36.0. The Morgan fingerprint density at radius 1 is 0.631 bits per heavy atom. The molecule has 0 bridgehead atoms. The number of nitrogens with two attached hydrogens (primary N) is 1. The molecule has 1 heterocycles. The number of carbonyl (C=O) groups excluding carboxylic acids is 2. The van der Waals surface area contributed by atoms with Crippen LogP contribution in [-0.2, 0) is 28.1 Å². The summed E-state index contributed by atoms with van der Waals surface area (Å²) in [6.07, 6.45) is 7.67. The van der Waals surface area contributed by atoms with Crippen molar-refractivity contribution in [2.75, 3.05) is 44.9 Å². The Balaban J connectivity index is 2.99. The molecule has 1 aliphatic rings. The van der Waals surface area contributed by atoms with E-state index in [2.05, 4.69) is 148 Å². The summed E-state index contributed by atoms with van der Waals surface area (Å²) in [6, 6.07) is 2.27. The number of likely N-dealkylation sites (tertiary alicyclic amines) is 1. The number of piperidine rings is 1. The zero-order valence-corrected chi connectivity index (χ0v) is 48.6. The van der Waals surface area contributed by atoms with Gasteiger partial charge in [-0.05, 0) is 183 Å². The van der Waals surface area contributed by atoms with E-state index >= 15 is 0 Å². The minimum atomic E-state index is -1.14. The van der Waals surface area contributed by atoms with Gasteiger partial charge >= 0.3 is 0 Å². The molecule has 1 rings (SSSR count). The largest absolute Gasteiger partial charge is 0.402 e. The standard InChI is InChI=1S/C49H100N6O6P2S2/c1-36(2)52(37(3)4)62(60-32-22-30-59-35-65-46(56)26-29-51-48(17,18)27-21-28-49(51,19)20)54(40(9)10)42(13)24-25-43(14)55(41(11)12)63(53(38(5)6)39(7)8)61-34-58-31-23-33-64-47(57)44(15)45(16)50/h36-43H,21-35,50H2,1-20H3/b45-44+. The molecule has 1 saturated heterocycles. The highest BCUT2D eigenvalue weighted by Gasteiger charge is 2.41. The van der Waals surface area contributed by atoms with Crippen LogP contribution in [0, 0.1) is 0 Å². The molecule has 1 aliphatic heterocycles. The van der Waals surface area contributed by atoms with Crippen molar-refractivity contribution in [3.8, 4) is 0 Å². The molecule has 0 amide bonds. The number of rotatable bonds is 33. The number of nitrogens with zero attached hydrogens (tertiary/aromatic N) is 5. The summed E-state index contributed by atoms with van der Waals surface area (Å²) in [5.74, 6) is 1.06. The maximum atomic E-state index is 12.9. The predicted octanol–water partition coefficient (Wildman–Crippen LogP) is 12.6. The average Bonchev–Trinajstić information content (AvgIpc) is 3.17. The van der Waals surface area contributed by atoms with Crippen molar-refractivity contribution in [1.29, 1.82) is 0 Å². The number of allylic oxidation sites excluding steroid dienone is 1. The molecule has 0 aromatic rings. The molecule has 384 valence electrons. The second-order valence-corrected chi connectivity index (χ2v) is 26.3. The Labute approximate surface area is 411 Å². The minimum Gasteiger partial charge on any atom is -0.402 e. The molecule has 65 heavy (non-hydrogen) atoms. The van der Waals surface area contributed by atoms with Gasteiger partial charge in [-0.3, -0.25) is 14.5 Å². The molecule has 1 fully saturated rings. The Morgan fingerprint density at radius 3 is 1.52 bits per heavy atom. The molecule has 16 heteroatoms. The van der Waals surface area contributed by atoms with Gasteiger partial charge in [-0.1, -0.05) is 23.5 Å². The van der Waals surface area contributed by atoms with E-state index in [1.165, 1.54) is 42.8 Å². The van der Waals surface area contributed by atoms with Gasteiger partial charge in [0.05, 0.1) is 19.2 Å². The lowest BCUT2D eigenvalue weighted by atomic mass is 9.80. The second kappa shape index (κ2) is 31.4. The van der Waals surface area contributed by atoms with Gasteiger partial charge in [0.1, 0.15) is 0 Å². The van der Waals surface area contributed by atoms with Crippen molar-refractivity contribution in [2.45, 2.75) is 249 Å². The molecular weight excluding hydrogens is 895 g/mol. The number of ether oxygens (including phenoxy) is 2. The Morgan fingerprint density at radius 2 is 1.08 bits per heavy atom. The fourth-order valence-corrected chi connectivity index (χ4v) is 15.3. The molecule has 4 unspecified atom stereocenters. The SMILES string of the molecule is C/C(N)=C(/C)C(=O)SCCCOCOP(N(C(C)C)C(C)C)N(C(C)C)C(C)CCC(C)N(C(C)C)P(OCCCOCSC(=O)CCN1C(C)(C)CCCC1(C)C)N(C(C)C)C(C)C. The zero-order valence-electron chi connectivity index (χ0n) is 45.2. The van der Waals surface area contributed by atoms with Crippen LogP contribution in [0.2, 0.25) is 0 Å². The van der Waals surface area contributed by atoms with Crippen LogP contribution in [0.4, 0.5) is 0 Å². The third-order valence-electron chi connectivity index (χ3n) is 12.2. The molecule has 12 nitrogen and oxygen atoms in total. The summed E-state index contributed by atoms with van der Waals surface area (Å²) in [6.45, 7) is 47.5. The zero-order chi connectivity index (χ0) is 49.8. The van der Waals surface area contributed by atoms with E-state index in [1.54, 1.807) is 13.8 Å². The van der Waals surface area contributed by atoms with Crippen molar-refractivity contribution in [2.24, 2.45) is 5.73 Å². The highest BCUT2D eigenvalue weighted by atomic mass is 32.2. The molecule has 0 aliphatic carbocycles. The summed E-state index contributed by atoms with van der Waals surface area (Å²) in [5.41, 5.74) is 7.24. The Kier molecular flexibility index (Phi) is 30.5. The molecule has 0 aromatic carbocycles. The number of hydrogen-bond donors (Lipinski definition) is 1. The van der Waals surface area contributed by atoms with Crippen LogP contribution in [0.25, 0.3) is 0 Å². The lowest BCUT2D eigenvalue weighted by Gasteiger charge is -2.53. The first-order valence-corrected chi connectivity index (χ1v) is 29.2. The second-order valence-electron chi connectivity index (χ2n) is 20.9. The van der Waals surface area contributed by atoms with Crippen LogP contribution < -0.4 is 5.73 Å². The fourth-order valence-electron chi connectivity index (χ4n) is 9.12. The smallest absolute Gasteiger partial charge is 0.216 e. The van der Waals surface area contributed by atoms with E-state index in [0.29, 0.717) is 61.3 Å². The van der Waals surface area contributed by atoms with E-state index in [9.17, 15) is 9.59 Å². The third-order valence-corrected chi connectivity index (χ3v) is 20.0. The van der Waals surface area contributed by atoms with Gasteiger partial charge in [0.2, 0.25) is 5.12 Å². The molecular formula is C49H100N6O6P2S2. The summed E-state index contributed by atoms with van der Waals surface area (Å²) >= 11 is 2.60. The van der Waals surface area contributed by atoms with E-state index < -0.39 is 16.9 Å². The lowest BCUT2D eigenvalue weighted by molar-refractivity contribution is -0.112. The van der Waals surface area contributed by atoms with Crippen molar-refractivity contribution in [1.82, 2.24) is 23.6 Å². The van der Waals surface area contributed by atoms with Gasteiger partial charge < -0.3 is 24.3 Å².